The van der Waals surface area contributed by atoms with Crippen LogP contribution in [0.15, 0.2) is 34.9 Å². The maximum atomic E-state index is 10.9. The van der Waals surface area contributed by atoms with Gasteiger partial charge < -0.3 is 28.5 Å². The van der Waals surface area contributed by atoms with Crippen LogP contribution in [0.1, 0.15) is 29.6 Å². The average molecular weight is 400 g/mol. The number of benzene rings is 2. The van der Waals surface area contributed by atoms with Crippen LogP contribution in [0.5, 0.6) is 28.7 Å². The maximum Gasteiger partial charge on any atom is 0.204 e. The zero-order valence-corrected chi connectivity index (χ0v) is 16.7. The van der Waals surface area contributed by atoms with Gasteiger partial charge in [0.25, 0.3) is 0 Å². The molecule has 8 nitrogen and oxygen atoms in total. The van der Waals surface area contributed by atoms with E-state index in [0.29, 0.717) is 34.8 Å². The van der Waals surface area contributed by atoms with Gasteiger partial charge in [-0.15, -0.1) is 0 Å². The maximum absolute atomic E-state index is 10.9. The average Bonchev–Trinajstić information content (AvgIpc) is 3.42. The van der Waals surface area contributed by atoms with Gasteiger partial charge in [-0.05, 0) is 30.2 Å². The predicted octanol–water partition coefficient (Wildman–Crippen LogP) is 3.45. The lowest BCUT2D eigenvalue weighted by molar-refractivity contribution is 0.354. The first-order valence-corrected chi connectivity index (χ1v) is 9.19. The van der Waals surface area contributed by atoms with Gasteiger partial charge in [0.2, 0.25) is 5.75 Å². The third kappa shape index (κ3) is 3.10. The molecule has 0 amide bonds. The van der Waals surface area contributed by atoms with Gasteiger partial charge in [0.15, 0.2) is 22.8 Å². The molecule has 29 heavy (non-hydrogen) atoms. The number of methoxy groups -OCH3 is 4. The molecule has 0 bridgehead atoms. The molecule has 3 N–H and O–H groups in total. The van der Waals surface area contributed by atoms with E-state index in [1.165, 1.54) is 7.11 Å². The molecular formula is C21H24N2O6. The van der Waals surface area contributed by atoms with Gasteiger partial charge in [-0.3, -0.25) is 0 Å². The van der Waals surface area contributed by atoms with E-state index in [1.807, 2.05) is 18.2 Å². The summed E-state index contributed by atoms with van der Waals surface area (Å²) >= 11 is 0. The second-order valence-corrected chi connectivity index (χ2v) is 6.74. The van der Waals surface area contributed by atoms with Crippen molar-refractivity contribution in [3.05, 3.63) is 41.7 Å². The fraction of sp³-hybridized carbons (Fsp3) is 0.333. The number of aromatic hydroxyl groups is 1. The van der Waals surface area contributed by atoms with Gasteiger partial charge in [0.05, 0.1) is 51.7 Å². The van der Waals surface area contributed by atoms with Gasteiger partial charge in [0.1, 0.15) is 5.75 Å². The van der Waals surface area contributed by atoms with Crippen molar-refractivity contribution in [3.63, 3.8) is 0 Å². The van der Waals surface area contributed by atoms with Crippen LogP contribution in [-0.2, 0) is 0 Å². The largest absolute Gasteiger partial charge is 0.504 e. The second kappa shape index (κ2) is 7.73. The minimum Gasteiger partial charge on any atom is -0.504 e. The Bertz CT molecular complexity index is 1030. The quantitative estimate of drug-likeness (QED) is 0.579. The van der Waals surface area contributed by atoms with Crippen molar-refractivity contribution in [1.82, 2.24) is 10.9 Å². The van der Waals surface area contributed by atoms with E-state index in [0.717, 1.165) is 10.9 Å². The topological polar surface area (TPSA) is 94.4 Å². The molecule has 2 atom stereocenters. The van der Waals surface area contributed by atoms with E-state index in [4.69, 9.17) is 23.4 Å². The number of fused-ring (bicyclic) bond motifs is 1. The van der Waals surface area contributed by atoms with Crippen LogP contribution >= 0.6 is 0 Å². The summed E-state index contributed by atoms with van der Waals surface area (Å²) in [5, 5.41) is 11.7. The highest BCUT2D eigenvalue weighted by Crippen LogP contribution is 2.50. The van der Waals surface area contributed by atoms with Crippen LogP contribution in [0.2, 0.25) is 0 Å². The zero-order chi connectivity index (χ0) is 20.5. The Morgan fingerprint density at radius 1 is 0.897 bits per heavy atom. The molecule has 0 radical (unpaired) electrons. The number of phenolic OH excluding ortho intramolecular Hbond substituents is 1. The normalized spacial score (nSPS) is 18.8. The molecule has 0 spiro atoms. The van der Waals surface area contributed by atoms with Gasteiger partial charge in [-0.2, -0.15) is 0 Å². The van der Waals surface area contributed by atoms with Crippen LogP contribution in [0.25, 0.3) is 11.0 Å². The number of hydrazine groups is 1. The molecule has 1 aliphatic rings. The van der Waals surface area contributed by atoms with Crippen molar-refractivity contribution in [3.8, 4) is 28.7 Å². The van der Waals surface area contributed by atoms with Crippen molar-refractivity contribution >= 4 is 11.0 Å². The number of hydrogen-bond donors (Lipinski definition) is 3. The first-order chi connectivity index (χ1) is 14.1. The first-order valence-electron chi connectivity index (χ1n) is 9.19. The molecule has 154 valence electrons. The first kappa shape index (κ1) is 19.2. The van der Waals surface area contributed by atoms with Crippen LogP contribution in [-0.4, -0.2) is 33.5 Å². The van der Waals surface area contributed by atoms with E-state index < -0.39 is 0 Å². The second-order valence-electron chi connectivity index (χ2n) is 6.74. The summed E-state index contributed by atoms with van der Waals surface area (Å²) < 4.78 is 27.3. The summed E-state index contributed by atoms with van der Waals surface area (Å²) in [6.45, 7) is 0. The predicted molar refractivity (Wildman–Crippen MR) is 107 cm³/mol. The summed E-state index contributed by atoms with van der Waals surface area (Å²) in [5.41, 5.74) is 8.66. The van der Waals surface area contributed by atoms with Crippen molar-refractivity contribution in [2.45, 2.75) is 18.5 Å². The minimum atomic E-state index is -0.212. The molecular weight excluding hydrogens is 376 g/mol. The molecule has 0 aliphatic carbocycles. The number of rotatable bonds is 6. The molecule has 3 aromatic rings. The van der Waals surface area contributed by atoms with E-state index in [9.17, 15) is 5.11 Å². The van der Waals surface area contributed by atoms with E-state index in [2.05, 4.69) is 10.9 Å². The summed E-state index contributed by atoms with van der Waals surface area (Å²) in [7, 11) is 6.29. The minimum absolute atomic E-state index is 0.000869. The number of hydrogen-bond acceptors (Lipinski definition) is 8. The lowest BCUT2D eigenvalue weighted by Crippen LogP contribution is -2.27. The number of furan rings is 1. The number of nitrogens with one attached hydrogen (secondary N) is 2. The number of phenols is 1. The lowest BCUT2D eigenvalue weighted by atomic mass is 9.94. The highest BCUT2D eigenvalue weighted by Gasteiger charge is 2.34. The van der Waals surface area contributed by atoms with E-state index in [-0.39, 0.29) is 23.6 Å². The molecule has 2 unspecified atom stereocenters. The van der Waals surface area contributed by atoms with Crippen molar-refractivity contribution in [2.75, 3.05) is 28.4 Å². The molecule has 1 aromatic heterocycles. The van der Waals surface area contributed by atoms with Crippen LogP contribution in [0.3, 0.4) is 0 Å². The Labute approximate surface area is 168 Å². The summed E-state index contributed by atoms with van der Waals surface area (Å²) in [5.74, 6) is 2.18. The highest BCUT2D eigenvalue weighted by molar-refractivity contribution is 5.93. The Morgan fingerprint density at radius 3 is 2.31 bits per heavy atom. The fourth-order valence-corrected chi connectivity index (χ4v) is 3.91. The fourth-order valence-electron chi connectivity index (χ4n) is 3.91. The monoisotopic (exact) mass is 400 g/mol. The van der Waals surface area contributed by atoms with E-state index >= 15 is 0 Å². The third-order valence-electron chi connectivity index (χ3n) is 5.30. The van der Waals surface area contributed by atoms with Gasteiger partial charge in [-0.25, -0.2) is 10.9 Å². The SMILES string of the molecule is COc1ccc(C2CC(c3c(O)c(OC)c4occc4c3OC)NN2)cc1OC. The van der Waals surface area contributed by atoms with Crippen molar-refractivity contribution < 1.29 is 28.5 Å². The Hall–Kier alpha value is -3.10. The van der Waals surface area contributed by atoms with Gasteiger partial charge >= 0.3 is 0 Å². The van der Waals surface area contributed by atoms with Crippen LogP contribution in [0, 0.1) is 0 Å². The van der Waals surface area contributed by atoms with E-state index in [1.54, 1.807) is 33.7 Å². The lowest BCUT2D eigenvalue weighted by Gasteiger charge is -2.19. The smallest absolute Gasteiger partial charge is 0.204 e. The molecule has 4 rings (SSSR count). The molecule has 2 aromatic carbocycles. The van der Waals surface area contributed by atoms with Crippen molar-refractivity contribution in [1.29, 1.82) is 0 Å². The Balaban J connectivity index is 1.71. The molecule has 2 heterocycles. The van der Waals surface area contributed by atoms with Gasteiger partial charge in [0, 0.05) is 6.04 Å². The molecule has 1 saturated heterocycles. The molecule has 8 heteroatoms. The van der Waals surface area contributed by atoms with Crippen molar-refractivity contribution in [2.24, 2.45) is 0 Å². The summed E-state index contributed by atoms with van der Waals surface area (Å²) in [4.78, 5) is 0. The zero-order valence-electron chi connectivity index (χ0n) is 16.7. The highest BCUT2D eigenvalue weighted by atomic mass is 16.5. The number of ether oxygens (including phenoxy) is 4. The van der Waals surface area contributed by atoms with Crippen LogP contribution < -0.4 is 29.8 Å². The molecule has 1 fully saturated rings. The molecule has 1 aliphatic heterocycles. The van der Waals surface area contributed by atoms with Gasteiger partial charge in [-0.1, -0.05) is 6.07 Å². The van der Waals surface area contributed by atoms with Crippen LogP contribution in [0.4, 0.5) is 0 Å². The summed E-state index contributed by atoms with van der Waals surface area (Å²) in [6, 6.07) is 7.39. The standard InChI is InChI=1S/C21H24N2O6/c1-25-15-6-5-11(9-16(15)26-2)13-10-14(23-22-13)17-18(24)21(28-4)20-12(7-8-29-20)19(17)27-3/h5-9,13-14,22-24H,10H2,1-4H3. The molecule has 0 saturated carbocycles. The Kier molecular flexibility index (Phi) is 5.12. The Morgan fingerprint density at radius 2 is 1.62 bits per heavy atom. The third-order valence-corrected chi connectivity index (χ3v) is 5.30. The summed E-state index contributed by atoms with van der Waals surface area (Å²) in [6.07, 6.45) is 2.22.